The highest BCUT2D eigenvalue weighted by Gasteiger charge is 2.27. The SMILES string of the molecule is CCCCNC(=O)C1CCN(C(C)c2cccc(F)c2)CC1. The zero-order chi connectivity index (χ0) is 15.9. The maximum atomic E-state index is 13.3. The summed E-state index contributed by atoms with van der Waals surface area (Å²) in [5, 5.41) is 3.03. The van der Waals surface area contributed by atoms with Crippen LogP contribution in [0.2, 0.25) is 0 Å². The van der Waals surface area contributed by atoms with E-state index < -0.39 is 0 Å². The van der Waals surface area contributed by atoms with Gasteiger partial charge in [-0.3, -0.25) is 9.69 Å². The van der Waals surface area contributed by atoms with Gasteiger partial charge in [0, 0.05) is 18.5 Å². The summed E-state index contributed by atoms with van der Waals surface area (Å²) in [5.74, 6) is 0.147. The Morgan fingerprint density at radius 2 is 2.14 bits per heavy atom. The lowest BCUT2D eigenvalue weighted by molar-refractivity contribution is -0.126. The lowest BCUT2D eigenvalue weighted by atomic mass is 9.94. The summed E-state index contributed by atoms with van der Waals surface area (Å²) in [7, 11) is 0. The number of benzene rings is 1. The number of hydrogen-bond donors (Lipinski definition) is 1. The number of hydrogen-bond acceptors (Lipinski definition) is 2. The van der Waals surface area contributed by atoms with Crippen molar-refractivity contribution in [1.82, 2.24) is 10.2 Å². The zero-order valence-electron chi connectivity index (χ0n) is 13.6. The fraction of sp³-hybridized carbons (Fsp3) is 0.611. The summed E-state index contributed by atoms with van der Waals surface area (Å²) in [4.78, 5) is 14.4. The van der Waals surface area contributed by atoms with Crippen molar-refractivity contribution in [3.8, 4) is 0 Å². The van der Waals surface area contributed by atoms with E-state index in [1.807, 2.05) is 6.07 Å². The van der Waals surface area contributed by atoms with E-state index >= 15 is 0 Å². The van der Waals surface area contributed by atoms with E-state index in [0.717, 1.165) is 50.9 Å². The number of halogens is 1. The minimum atomic E-state index is -0.186. The predicted molar refractivity (Wildman–Crippen MR) is 87.0 cm³/mol. The highest BCUT2D eigenvalue weighted by Crippen LogP contribution is 2.27. The number of carbonyl (C=O) groups excluding carboxylic acids is 1. The molecule has 0 spiro atoms. The van der Waals surface area contributed by atoms with Crippen molar-refractivity contribution in [3.05, 3.63) is 35.6 Å². The summed E-state index contributed by atoms with van der Waals surface area (Å²) in [6, 6.07) is 7.00. The van der Waals surface area contributed by atoms with E-state index in [9.17, 15) is 9.18 Å². The molecule has 4 heteroatoms. The normalized spacial score (nSPS) is 18.1. The Morgan fingerprint density at radius 1 is 1.41 bits per heavy atom. The second-order valence-electron chi connectivity index (χ2n) is 6.19. The van der Waals surface area contributed by atoms with Crippen LogP contribution in [0.3, 0.4) is 0 Å². The number of amides is 1. The number of likely N-dealkylation sites (tertiary alicyclic amines) is 1. The van der Waals surface area contributed by atoms with Gasteiger partial charge in [-0.15, -0.1) is 0 Å². The molecule has 0 aromatic heterocycles. The van der Waals surface area contributed by atoms with E-state index in [1.54, 1.807) is 12.1 Å². The van der Waals surface area contributed by atoms with Crippen molar-refractivity contribution in [3.63, 3.8) is 0 Å². The second-order valence-corrected chi connectivity index (χ2v) is 6.19. The number of unbranched alkanes of at least 4 members (excludes halogenated alkanes) is 1. The monoisotopic (exact) mass is 306 g/mol. The number of piperidine rings is 1. The van der Waals surface area contributed by atoms with Gasteiger partial charge in [0.2, 0.25) is 5.91 Å². The molecule has 1 atom stereocenters. The van der Waals surface area contributed by atoms with Crippen LogP contribution in [0.25, 0.3) is 0 Å². The molecule has 0 saturated carbocycles. The second kappa shape index (κ2) is 8.28. The topological polar surface area (TPSA) is 32.3 Å². The van der Waals surface area contributed by atoms with Gasteiger partial charge in [0.1, 0.15) is 5.82 Å². The number of nitrogens with one attached hydrogen (secondary N) is 1. The van der Waals surface area contributed by atoms with Gasteiger partial charge in [-0.05, 0) is 57.0 Å². The molecule has 0 bridgehead atoms. The van der Waals surface area contributed by atoms with E-state index in [2.05, 4.69) is 24.1 Å². The van der Waals surface area contributed by atoms with Gasteiger partial charge < -0.3 is 5.32 Å². The van der Waals surface area contributed by atoms with E-state index in [1.165, 1.54) is 6.07 Å². The van der Waals surface area contributed by atoms with Gasteiger partial charge in [-0.25, -0.2) is 4.39 Å². The van der Waals surface area contributed by atoms with Crippen LogP contribution in [0.5, 0.6) is 0 Å². The quantitative estimate of drug-likeness (QED) is 0.816. The molecule has 1 saturated heterocycles. The Morgan fingerprint density at radius 3 is 2.77 bits per heavy atom. The molecule has 1 aromatic carbocycles. The molecule has 1 fully saturated rings. The minimum absolute atomic E-state index is 0.132. The van der Waals surface area contributed by atoms with Crippen LogP contribution in [0.1, 0.15) is 51.1 Å². The van der Waals surface area contributed by atoms with Gasteiger partial charge in [-0.2, -0.15) is 0 Å². The predicted octanol–water partition coefficient (Wildman–Crippen LogP) is 3.52. The average Bonchev–Trinajstić information content (AvgIpc) is 2.54. The Labute approximate surface area is 132 Å². The first kappa shape index (κ1) is 16.9. The molecule has 1 aliphatic heterocycles. The third-order valence-corrected chi connectivity index (χ3v) is 4.61. The van der Waals surface area contributed by atoms with Gasteiger partial charge in [0.05, 0.1) is 0 Å². The first-order valence-electron chi connectivity index (χ1n) is 8.39. The molecule has 0 radical (unpaired) electrons. The van der Waals surface area contributed by atoms with Gasteiger partial charge in [-0.1, -0.05) is 25.5 Å². The van der Waals surface area contributed by atoms with Crippen molar-refractivity contribution in [2.24, 2.45) is 5.92 Å². The summed E-state index contributed by atoms with van der Waals surface area (Å²) < 4.78 is 13.3. The molecule has 0 aliphatic carbocycles. The molecule has 1 heterocycles. The van der Waals surface area contributed by atoms with Crippen LogP contribution in [-0.4, -0.2) is 30.4 Å². The van der Waals surface area contributed by atoms with Crippen molar-refractivity contribution >= 4 is 5.91 Å². The maximum Gasteiger partial charge on any atom is 0.223 e. The lowest BCUT2D eigenvalue weighted by Gasteiger charge is -2.35. The number of nitrogens with zero attached hydrogens (tertiary/aromatic N) is 1. The molecule has 122 valence electrons. The Hall–Kier alpha value is -1.42. The minimum Gasteiger partial charge on any atom is -0.356 e. The van der Waals surface area contributed by atoms with Crippen LogP contribution in [0.4, 0.5) is 4.39 Å². The van der Waals surface area contributed by atoms with Crippen LogP contribution in [0, 0.1) is 11.7 Å². The highest BCUT2D eigenvalue weighted by atomic mass is 19.1. The summed E-state index contributed by atoms with van der Waals surface area (Å²) in [6.45, 7) is 6.80. The first-order valence-corrected chi connectivity index (χ1v) is 8.39. The van der Waals surface area contributed by atoms with E-state index in [-0.39, 0.29) is 23.7 Å². The van der Waals surface area contributed by atoms with E-state index in [0.29, 0.717) is 0 Å². The molecule has 3 nitrogen and oxygen atoms in total. The van der Waals surface area contributed by atoms with Crippen molar-refractivity contribution < 1.29 is 9.18 Å². The van der Waals surface area contributed by atoms with Crippen molar-refractivity contribution in [2.75, 3.05) is 19.6 Å². The van der Waals surface area contributed by atoms with Gasteiger partial charge >= 0.3 is 0 Å². The fourth-order valence-electron chi connectivity index (χ4n) is 3.06. The molecule has 22 heavy (non-hydrogen) atoms. The van der Waals surface area contributed by atoms with Crippen LogP contribution in [-0.2, 0) is 4.79 Å². The first-order chi connectivity index (χ1) is 10.6. The molecule has 1 unspecified atom stereocenters. The lowest BCUT2D eigenvalue weighted by Crippen LogP contribution is -2.41. The molecule has 1 N–H and O–H groups in total. The summed E-state index contributed by atoms with van der Waals surface area (Å²) in [6.07, 6.45) is 3.92. The Kier molecular flexibility index (Phi) is 6.37. The smallest absolute Gasteiger partial charge is 0.223 e. The standard InChI is InChI=1S/C18H27FN2O/c1-3-4-10-20-18(22)15-8-11-21(12-9-15)14(2)16-6-5-7-17(19)13-16/h5-7,13-15H,3-4,8-12H2,1-2H3,(H,20,22). The molecule has 1 amide bonds. The number of rotatable bonds is 6. The third kappa shape index (κ3) is 4.54. The van der Waals surface area contributed by atoms with Crippen LogP contribution in [0.15, 0.2) is 24.3 Å². The zero-order valence-corrected chi connectivity index (χ0v) is 13.6. The van der Waals surface area contributed by atoms with Crippen LogP contribution >= 0.6 is 0 Å². The van der Waals surface area contributed by atoms with Gasteiger partial charge in [0.15, 0.2) is 0 Å². The van der Waals surface area contributed by atoms with Gasteiger partial charge in [0.25, 0.3) is 0 Å². The largest absolute Gasteiger partial charge is 0.356 e. The molecular formula is C18H27FN2O. The number of carbonyl (C=O) groups is 1. The molecule has 1 aromatic rings. The average molecular weight is 306 g/mol. The van der Waals surface area contributed by atoms with Crippen LogP contribution < -0.4 is 5.32 Å². The molecule has 1 aliphatic rings. The summed E-state index contributed by atoms with van der Waals surface area (Å²) >= 11 is 0. The van der Waals surface area contributed by atoms with Crippen molar-refractivity contribution in [2.45, 2.75) is 45.6 Å². The third-order valence-electron chi connectivity index (χ3n) is 4.61. The summed E-state index contributed by atoms with van der Waals surface area (Å²) in [5.41, 5.74) is 1.01. The van der Waals surface area contributed by atoms with Crippen molar-refractivity contribution in [1.29, 1.82) is 0 Å². The maximum absolute atomic E-state index is 13.3. The fourth-order valence-corrected chi connectivity index (χ4v) is 3.06. The molecular weight excluding hydrogens is 279 g/mol. The highest BCUT2D eigenvalue weighted by molar-refractivity contribution is 5.78. The Bertz CT molecular complexity index is 484. The molecule has 2 rings (SSSR count). The Balaban J connectivity index is 1.82. The van der Waals surface area contributed by atoms with E-state index in [4.69, 9.17) is 0 Å².